The SMILES string of the molecule is N=C(N)c1cccc(/C=C/CN(c2ccc(OC3CCN(C4CCCC4)CC3)c(Cl)c2)S(=O)(=O)CC(=O)O)c1. The van der Waals surface area contributed by atoms with Gasteiger partial charge in [0.05, 0.1) is 17.3 Å². The van der Waals surface area contributed by atoms with Crippen LogP contribution in [-0.4, -0.2) is 67.8 Å². The van der Waals surface area contributed by atoms with E-state index in [-0.39, 0.29) is 29.2 Å². The Bertz CT molecular complexity index is 1320. The average molecular weight is 575 g/mol. The van der Waals surface area contributed by atoms with Crippen molar-refractivity contribution in [3.05, 3.63) is 64.7 Å². The number of amidine groups is 1. The molecular weight excluding hydrogens is 540 g/mol. The van der Waals surface area contributed by atoms with Crippen molar-refractivity contribution >= 4 is 45.2 Å². The molecule has 1 aliphatic heterocycles. The van der Waals surface area contributed by atoms with Gasteiger partial charge in [-0.2, -0.15) is 0 Å². The van der Waals surface area contributed by atoms with Crippen LogP contribution in [0.4, 0.5) is 5.69 Å². The van der Waals surface area contributed by atoms with Crippen LogP contribution in [0.5, 0.6) is 5.75 Å². The van der Waals surface area contributed by atoms with Gasteiger partial charge in [-0.3, -0.25) is 14.5 Å². The van der Waals surface area contributed by atoms with Crippen molar-refractivity contribution in [1.82, 2.24) is 4.90 Å². The van der Waals surface area contributed by atoms with Gasteiger partial charge in [-0.25, -0.2) is 8.42 Å². The molecule has 1 heterocycles. The summed E-state index contributed by atoms with van der Waals surface area (Å²) in [7, 11) is -4.20. The number of carboxylic acids is 1. The third-order valence-corrected chi connectivity index (χ3v) is 9.17. The highest BCUT2D eigenvalue weighted by Crippen LogP contribution is 2.33. The molecule has 210 valence electrons. The third kappa shape index (κ3) is 7.74. The van der Waals surface area contributed by atoms with Crippen LogP contribution in [0.15, 0.2) is 48.5 Å². The van der Waals surface area contributed by atoms with Crippen LogP contribution in [0.25, 0.3) is 6.08 Å². The van der Waals surface area contributed by atoms with E-state index < -0.39 is 21.7 Å². The molecule has 1 saturated heterocycles. The Hall–Kier alpha value is -3.08. The predicted molar refractivity (Wildman–Crippen MR) is 154 cm³/mol. The van der Waals surface area contributed by atoms with Crippen LogP contribution in [0, 0.1) is 5.41 Å². The standard InChI is InChI=1S/C28H35ClN4O5S/c29-25-18-23(10-11-26(25)38-24-12-15-32(16-13-24)22-8-1-2-9-22)33(39(36,37)19-27(34)35)14-4-6-20-5-3-7-21(17-20)28(30)31/h3-7,10-11,17-18,22,24H,1-2,8-9,12-16,19H2,(H3,30,31)(H,34,35)/b6-4+. The summed E-state index contributed by atoms with van der Waals surface area (Å²) in [6.45, 7) is 1.87. The molecule has 2 aromatic rings. The zero-order valence-electron chi connectivity index (χ0n) is 21.8. The van der Waals surface area contributed by atoms with Gasteiger partial charge in [0.1, 0.15) is 17.7 Å². The van der Waals surface area contributed by atoms with Gasteiger partial charge in [-0.05, 0) is 55.5 Å². The van der Waals surface area contributed by atoms with Crippen LogP contribution in [0.3, 0.4) is 0 Å². The number of aliphatic carboxylic acids is 1. The zero-order chi connectivity index (χ0) is 28.0. The highest BCUT2D eigenvalue weighted by Gasteiger charge is 2.29. The number of nitrogen functional groups attached to an aromatic ring is 1. The highest BCUT2D eigenvalue weighted by molar-refractivity contribution is 7.93. The van der Waals surface area contributed by atoms with Crippen LogP contribution in [0.2, 0.25) is 5.02 Å². The number of halogens is 1. The molecule has 0 bridgehead atoms. The lowest BCUT2D eigenvalue weighted by Gasteiger charge is -2.36. The van der Waals surface area contributed by atoms with E-state index in [9.17, 15) is 18.3 Å². The molecule has 39 heavy (non-hydrogen) atoms. The number of anilines is 1. The lowest BCUT2D eigenvalue weighted by atomic mass is 10.0. The molecule has 11 heteroatoms. The minimum absolute atomic E-state index is 0.0338. The second-order valence-corrected chi connectivity index (χ2v) is 12.3. The maximum Gasteiger partial charge on any atom is 0.320 e. The average Bonchev–Trinajstić information content (AvgIpc) is 3.43. The Morgan fingerprint density at radius 1 is 1.15 bits per heavy atom. The Morgan fingerprint density at radius 2 is 1.87 bits per heavy atom. The van der Waals surface area contributed by atoms with E-state index >= 15 is 0 Å². The normalized spacial score (nSPS) is 17.5. The van der Waals surface area contributed by atoms with Crippen molar-refractivity contribution < 1.29 is 23.1 Å². The van der Waals surface area contributed by atoms with Gasteiger partial charge >= 0.3 is 5.97 Å². The maximum atomic E-state index is 13.0. The number of nitrogens with one attached hydrogen (secondary N) is 1. The summed E-state index contributed by atoms with van der Waals surface area (Å²) in [6, 6.07) is 12.4. The molecule has 0 radical (unpaired) electrons. The Kier molecular flexibility index (Phi) is 9.53. The number of carboxylic acid groups (broad SMARTS) is 1. The summed E-state index contributed by atoms with van der Waals surface area (Å²) in [5.41, 5.74) is 7.05. The van der Waals surface area contributed by atoms with E-state index in [1.54, 1.807) is 48.6 Å². The number of sulfonamides is 1. The van der Waals surface area contributed by atoms with Crippen molar-refractivity contribution in [2.75, 3.05) is 29.7 Å². The van der Waals surface area contributed by atoms with Crippen molar-refractivity contribution in [3.63, 3.8) is 0 Å². The molecule has 0 atom stereocenters. The number of piperidine rings is 1. The molecule has 0 spiro atoms. The van der Waals surface area contributed by atoms with E-state index in [1.807, 2.05) is 0 Å². The van der Waals surface area contributed by atoms with Crippen LogP contribution in [0.1, 0.15) is 49.7 Å². The molecule has 0 amide bonds. The Balaban J connectivity index is 1.47. The number of benzene rings is 2. The summed E-state index contributed by atoms with van der Waals surface area (Å²) in [5, 5.41) is 17.0. The fourth-order valence-corrected chi connectivity index (χ4v) is 6.69. The highest BCUT2D eigenvalue weighted by atomic mass is 35.5. The van der Waals surface area contributed by atoms with Gasteiger partial charge in [0.2, 0.25) is 10.0 Å². The third-order valence-electron chi connectivity index (χ3n) is 7.24. The monoisotopic (exact) mass is 574 g/mol. The second kappa shape index (κ2) is 12.8. The van der Waals surface area contributed by atoms with E-state index in [0.29, 0.717) is 17.4 Å². The Morgan fingerprint density at radius 3 is 2.51 bits per heavy atom. The number of ether oxygens (including phenoxy) is 1. The summed E-state index contributed by atoms with van der Waals surface area (Å²) in [5.74, 6) is -2.11. The van der Waals surface area contributed by atoms with Gasteiger partial charge in [-0.15, -0.1) is 0 Å². The number of nitrogens with two attached hydrogens (primary N) is 1. The van der Waals surface area contributed by atoms with E-state index in [2.05, 4.69) is 4.90 Å². The first kappa shape index (κ1) is 28.9. The van der Waals surface area contributed by atoms with Gasteiger partial charge in [-0.1, -0.05) is 54.8 Å². The quantitative estimate of drug-likeness (QED) is 0.268. The summed E-state index contributed by atoms with van der Waals surface area (Å²) >= 11 is 6.53. The maximum absolute atomic E-state index is 13.0. The fourth-order valence-electron chi connectivity index (χ4n) is 5.26. The molecule has 1 saturated carbocycles. The minimum atomic E-state index is -4.20. The van der Waals surface area contributed by atoms with Crippen molar-refractivity contribution in [2.24, 2.45) is 5.73 Å². The predicted octanol–water partition coefficient (Wildman–Crippen LogP) is 4.34. The lowest BCUT2D eigenvalue weighted by molar-refractivity contribution is -0.134. The van der Waals surface area contributed by atoms with Crippen LogP contribution >= 0.6 is 11.6 Å². The van der Waals surface area contributed by atoms with Crippen molar-refractivity contribution in [3.8, 4) is 5.75 Å². The number of rotatable bonds is 11. The van der Waals surface area contributed by atoms with Gasteiger partial charge in [0, 0.05) is 24.7 Å². The fraction of sp³-hybridized carbons (Fsp3) is 0.429. The number of likely N-dealkylation sites (tertiary alicyclic amines) is 1. The number of carbonyl (C=O) groups is 1. The molecule has 2 aromatic carbocycles. The molecular formula is C28H35ClN4O5S. The first-order chi connectivity index (χ1) is 18.6. The molecule has 4 rings (SSSR count). The Labute approximate surface area is 234 Å². The molecule has 2 fully saturated rings. The smallest absolute Gasteiger partial charge is 0.320 e. The first-order valence-electron chi connectivity index (χ1n) is 13.2. The largest absolute Gasteiger partial charge is 0.489 e. The van der Waals surface area contributed by atoms with Crippen molar-refractivity contribution in [2.45, 2.75) is 50.7 Å². The molecule has 1 aliphatic carbocycles. The number of hydrogen-bond donors (Lipinski definition) is 3. The molecule has 4 N–H and O–H groups in total. The molecule has 0 aromatic heterocycles. The number of nitrogens with zero attached hydrogens (tertiary/aromatic N) is 2. The van der Waals surface area contributed by atoms with Crippen molar-refractivity contribution in [1.29, 1.82) is 5.41 Å². The van der Waals surface area contributed by atoms with Crippen LogP contribution in [-0.2, 0) is 14.8 Å². The summed E-state index contributed by atoms with van der Waals surface area (Å²) in [4.78, 5) is 13.9. The van der Waals surface area contributed by atoms with E-state index in [0.717, 1.165) is 35.8 Å². The molecule has 0 unspecified atom stereocenters. The molecule has 9 nitrogen and oxygen atoms in total. The topological polar surface area (TPSA) is 137 Å². The minimum Gasteiger partial charge on any atom is -0.489 e. The summed E-state index contributed by atoms with van der Waals surface area (Å²) in [6.07, 6.45) is 10.3. The summed E-state index contributed by atoms with van der Waals surface area (Å²) < 4.78 is 33.1. The second-order valence-electron chi connectivity index (χ2n) is 10.0. The lowest BCUT2D eigenvalue weighted by Crippen LogP contribution is -2.43. The van der Waals surface area contributed by atoms with Gasteiger partial charge in [0.15, 0.2) is 5.75 Å². The zero-order valence-corrected chi connectivity index (χ0v) is 23.3. The molecule has 2 aliphatic rings. The first-order valence-corrected chi connectivity index (χ1v) is 15.1. The van der Waals surface area contributed by atoms with E-state index in [4.69, 9.17) is 27.5 Å². The van der Waals surface area contributed by atoms with Gasteiger partial charge in [0.25, 0.3) is 0 Å². The van der Waals surface area contributed by atoms with Crippen LogP contribution < -0.4 is 14.8 Å². The number of hydrogen-bond acceptors (Lipinski definition) is 6. The van der Waals surface area contributed by atoms with E-state index in [1.165, 1.54) is 31.7 Å². The van der Waals surface area contributed by atoms with Gasteiger partial charge < -0.3 is 20.5 Å².